The number of nitrogens with zero attached hydrogens (tertiary/aromatic N) is 1. The minimum atomic E-state index is -0.217. The normalized spacial score (nSPS) is 31.5. The van der Waals surface area contributed by atoms with Crippen LogP contribution < -0.4 is 5.32 Å². The van der Waals surface area contributed by atoms with Crippen LogP contribution in [0.4, 0.5) is 0 Å². The van der Waals surface area contributed by atoms with Crippen LogP contribution in [-0.2, 0) is 9.59 Å². The molecule has 1 unspecified atom stereocenters. The minimum Gasteiger partial charge on any atom is -0.344 e. The quantitative estimate of drug-likeness (QED) is 0.779. The van der Waals surface area contributed by atoms with Gasteiger partial charge in [0.05, 0.1) is 0 Å². The molecule has 3 fully saturated rings. The van der Waals surface area contributed by atoms with E-state index in [1.165, 1.54) is 12.8 Å². The lowest BCUT2D eigenvalue weighted by Gasteiger charge is -2.29. The van der Waals surface area contributed by atoms with Gasteiger partial charge in [0, 0.05) is 19.0 Å². The molecular weight excluding hydrogens is 216 g/mol. The van der Waals surface area contributed by atoms with E-state index in [2.05, 4.69) is 5.32 Å². The van der Waals surface area contributed by atoms with E-state index in [9.17, 15) is 9.59 Å². The molecule has 4 heteroatoms. The summed E-state index contributed by atoms with van der Waals surface area (Å²) in [4.78, 5) is 26.1. The zero-order valence-corrected chi connectivity index (χ0v) is 10.2. The van der Waals surface area contributed by atoms with E-state index < -0.39 is 0 Å². The van der Waals surface area contributed by atoms with Crippen LogP contribution in [0.3, 0.4) is 0 Å². The fourth-order valence-electron chi connectivity index (χ4n) is 3.15. The molecule has 2 aliphatic carbocycles. The first-order valence-corrected chi connectivity index (χ1v) is 6.85. The Balaban J connectivity index is 1.77. The Bertz CT molecular complexity index is 332. The molecular formula is C13H20N2O2. The first-order chi connectivity index (χ1) is 8.25. The van der Waals surface area contributed by atoms with Crippen LogP contribution in [0.25, 0.3) is 0 Å². The Morgan fingerprint density at radius 1 is 1.06 bits per heavy atom. The van der Waals surface area contributed by atoms with Crippen LogP contribution in [0, 0.1) is 5.92 Å². The van der Waals surface area contributed by atoms with Crippen LogP contribution in [0.15, 0.2) is 0 Å². The van der Waals surface area contributed by atoms with Crippen molar-refractivity contribution in [3.05, 3.63) is 0 Å². The van der Waals surface area contributed by atoms with Gasteiger partial charge in [0.15, 0.2) is 0 Å². The van der Waals surface area contributed by atoms with Gasteiger partial charge in [-0.05, 0) is 31.6 Å². The van der Waals surface area contributed by atoms with E-state index in [0.717, 1.165) is 25.7 Å². The smallest absolute Gasteiger partial charge is 0.245 e. The first kappa shape index (κ1) is 11.1. The fourth-order valence-corrected chi connectivity index (χ4v) is 3.15. The highest BCUT2D eigenvalue weighted by molar-refractivity contribution is 5.90. The van der Waals surface area contributed by atoms with Gasteiger partial charge in [-0.25, -0.2) is 0 Å². The van der Waals surface area contributed by atoms with Crippen molar-refractivity contribution >= 4 is 11.8 Å². The number of rotatable bonds is 2. The molecule has 0 aromatic heterocycles. The molecule has 1 aliphatic heterocycles. The average Bonchev–Trinajstić information content (AvgIpc) is 3.04. The second-order valence-corrected chi connectivity index (χ2v) is 5.60. The highest BCUT2D eigenvalue weighted by atomic mass is 16.2. The van der Waals surface area contributed by atoms with Crippen molar-refractivity contribution in [2.24, 2.45) is 5.92 Å². The van der Waals surface area contributed by atoms with Gasteiger partial charge in [0.25, 0.3) is 0 Å². The monoisotopic (exact) mass is 236 g/mol. The Kier molecular flexibility index (Phi) is 2.81. The average molecular weight is 236 g/mol. The Labute approximate surface area is 102 Å². The van der Waals surface area contributed by atoms with Crippen molar-refractivity contribution in [3.8, 4) is 0 Å². The topological polar surface area (TPSA) is 49.4 Å². The Morgan fingerprint density at radius 3 is 2.41 bits per heavy atom. The second-order valence-electron chi connectivity index (χ2n) is 5.60. The highest BCUT2D eigenvalue weighted by Gasteiger charge is 2.42. The lowest BCUT2D eigenvalue weighted by Crippen LogP contribution is -2.48. The molecule has 2 saturated carbocycles. The molecule has 0 spiro atoms. The number of carbonyl (C=O) groups is 2. The van der Waals surface area contributed by atoms with E-state index in [1.54, 1.807) is 0 Å². The van der Waals surface area contributed by atoms with Crippen LogP contribution in [0.2, 0.25) is 0 Å². The minimum absolute atomic E-state index is 0.0516. The molecule has 0 radical (unpaired) electrons. The lowest BCUT2D eigenvalue weighted by molar-refractivity contribution is -0.136. The number of carbonyl (C=O) groups excluding carboxylic acids is 2. The molecule has 2 amide bonds. The van der Waals surface area contributed by atoms with Crippen LogP contribution >= 0.6 is 0 Å². The van der Waals surface area contributed by atoms with Crippen LogP contribution in [-0.4, -0.2) is 35.3 Å². The van der Waals surface area contributed by atoms with Crippen molar-refractivity contribution in [1.29, 1.82) is 0 Å². The van der Waals surface area contributed by atoms with E-state index >= 15 is 0 Å². The van der Waals surface area contributed by atoms with E-state index in [4.69, 9.17) is 0 Å². The number of hydrogen-bond acceptors (Lipinski definition) is 2. The summed E-state index contributed by atoms with van der Waals surface area (Å²) in [7, 11) is 0. The Morgan fingerprint density at radius 2 is 1.76 bits per heavy atom. The molecule has 94 valence electrons. The molecule has 3 aliphatic rings. The van der Waals surface area contributed by atoms with Gasteiger partial charge in [-0.3, -0.25) is 9.59 Å². The molecule has 0 aromatic rings. The zero-order valence-electron chi connectivity index (χ0n) is 10.2. The molecule has 1 N–H and O–H groups in total. The van der Waals surface area contributed by atoms with Crippen LogP contribution in [0.1, 0.15) is 44.9 Å². The molecule has 1 heterocycles. The summed E-state index contributed by atoms with van der Waals surface area (Å²) in [5.74, 6) is 0.648. The molecule has 3 rings (SSSR count). The van der Waals surface area contributed by atoms with E-state index in [1.807, 2.05) is 4.90 Å². The number of hydrogen-bond donors (Lipinski definition) is 1. The van der Waals surface area contributed by atoms with Gasteiger partial charge in [0.1, 0.15) is 6.04 Å². The third kappa shape index (κ3) is 2.17. The van der Waals surface area contributed by atoms with Gasteiger partial charge >= 0.3 is 0 Å². The third-order valence-corrected chi connectivity index (χ3v) is 4.30. The standard InChI is InChI=1S/C13H20N2O2/c16-11-7-8-15(10-3-1-2-4-10)13(17)12(14-11)9-5-6-9/h9-10,12H,1-8H2,(H,14,16). The summed E-state index contributed by atoms with van der Waals surface area (Å²) in [6.45, 7) is 0.624. The van der Waals surface area contributed by atoms with Crippen molar-refractivity contribution in [2.45, 2.75) is 57.0 Å². The van der Waals surface area contributed by atoms with Gasteiger partial charge < -0.3 is 10.2 Å². The molecule has 17 heavy (non-hydrogen) atoms. The third-order valence-electron chi connectivity index (χ3n) is 4.30. The van der Waals surface area contributed by atoms with Gasteiger partial charge in [-0.1, -0.05) is 12.8 Å². The highest BCUT2D eigenvalue weighted by Crippen LogP contribution is 2.35. The lowest BCUT2D eigenvalue weighted by atomic mass is 10.1. The molecule has 4 nitrogen and oxygen atoms in total. The molecule has 0 bridgehead atoms. The van der Waals surface area contributed by atoms with Crippen molar-refractivity contribution < 1.29 is 9.59 Å². The first-order valence-electron chi connectivity index (χ1n) is 6.85. The maximum absolute atomic E-state index is 12.5. The molecule has 0 aromatic carbocycles. The van der Waals surface area contributed by atoms with Gasteiger partial charge in [0.2, 0.25) is 11.8 Å². The summed E-state index contributed by atoms with van der Waals surface area (Å²) in [5, 5.41) is 2.91. The van der Waals surface area contributed by atoms with Crippen LogP contribution in [0.5, 0.6) is 0 Å². The number of amides is 2. The summed E-state index contributed by atoms with van der Waals surface area (Å²) in [6.07, 6.45) is 7.36. The van der Waals surface area contributed by atoms with Crippen molar-refractivity contribution in [3.63, 3.8) is 0 Å². The largest absolute Gasteiger partial charge is 0.344 e. The Hall–Kier alpha value is -1.06. The van der Waals surface area contributed by atoms with E-state index in [-0.39, 0.29) is 17.9 Å². The molecule has 1 atom stereocenters. The predicted octanol–water partition coefficient (Wildman–Crippen LogP) is 1.06. The maximum Gasteiger partial charge on any atom is 0.245 e. The van der Waals surface area contributed by atoms with E-state index in [0.29, 0.717) is 24.9 Å². The zero-order chi connectivity index (χ0) is 11.8. The summed E-state index contributed by atoms with van der Waals surface area (Å²) in [6, 6.07) is 0.182. The summed E-state index contributed by atoms with van der Waals surface area (Å²) in [5.41, 5.74) is 0. The second kappa shape index (κ2) is 4.31. The SMILES string of the molecule is O=C1CCN(C2CCCC2)C(=O)C(C2CC2)N1. The molecule has 1 saturated heterocycles. The fraction of sp³-hybridized carbons (Fsp3) is 0.846. The predicted molar refractivity (Wildman–Crippen MR) is 63.2 cm³/mol. The summed E-state index contributed by atoms with van der Waals surface area (Å²) >= 11 is 0. The maximum atomic E-state index is 12.5. The summed E-state index contributed by atoms with van der Waals surface area (Å²) < 4.78 is 0. The number of nitrogens with one attached hydrogen (secondary N) is 1. The van der Waals surface area contributed by atoms with Crippen molar-refractivity contribution in [1.82, 2.24) is 10.2 Å². The van der Waals surface area contributed by atoms with Gasteiger partial charge in [-0.2, -0.15) is 0 Å². The van der Waals surface area contributed by atoms with Gasteiger partial charge in [-0.15, -0.1) is 0 Å². The van der Waals surface area contributed by atoms with Crippen molar-refractivity contribution in [2.75, 3.05) is 6.54 Å².